The standard InChI is InChI=1S/C21H41NO3.C13H25NO3/c1-5-7-8-9-10-11-12-13-14-15-19(6-2)25-21(24)20(22-17-23)16-18(3)4;1-5-6-7-8-11(4)17-13(16)12(10(2)3)14-9-15/h17-20H,5-16H2,1-4H3,(H,22,23);9-12H,5-8H2,1-4H3,(H,14,15)/t19-,20+;11-,12+/m11/s1. The Labute approximate surface area is 258 Å². The SMILES string of the molecule is CCCCCCCCCCC[C@@H](CC)OC(=O)[C@H](CC(C)C)NC=O.CCCCC[C@@H](C)OC(=O)[C@@H](NC=O)C(C)C. The van der Waals surface area contributed by atoms with Gasteiger partial charge in [0.2, 0.25) is 12.8 Å². The molecule has 8 heteroatoms. The van der Waals surface area contributed by atoms with E-state index in [0.29, 0.717) is 25.2 Å². The zero-order valence-electron chi connectivity index (χ0n) is 28.4. The molecule has 0 aliphatic carbocycles. The minimum atomic E-state index is -0.541. The highest BCUT2D eigenvalue weighted by molar-refractivity contribution is 5.79. The van der Waals surface area contributed by atoms with Crippen molar-refractivity contribution in [3.8, 4) is 0 Å². The van der Waals surface area contributed by atoms with Crippen LogP contribution in [0.5, 0.6) is 0 Å². The van der Waals surface area contributed by atoms with Crippen LogP contribution in [0, 0.1) is 11.8 Å². The molecule has 0 aromatic carbocycles. The van der Waals surface area contributed by atoms with Crippen LogP contribution in [0.2, 0.25) is 0 Å². The summed E-state index contributed by atoms with van der Waals surface area (Å²) in [6.45, 7) is 16.2. The van der Waals surface area contributed by atoms with Gasteiger partial charge in [0, 0.05) is 0 Å². The Kier molecular flexibility index (Phi) is 29.0. The maximum Gasteiger partial charge on any atom is 0.329 e. The first-order valence-corrected chi connectivity index (χ1v) is 16.9. The summed E-state index contributed by atoms with van der Waals surface area (Å²) in [6.07, 6.45) is 19.3. The number of unbranched alkanes of at least 4 members (excludes halogenated alkanes) is 10. The lowest BCUT2D eigenvalue weighted by Crippen LogP contribution is -2.42. The van der Waals surface area contributed by atoms with Gasteiger partial charge < -0.3 is 20.1 Å². The van der Waals surface area contributed by atoms with Crippen molar-refractivity contribution in [3.63, 3.8) is 0 Å². The number of hydrogen-bond donors (Lipinski definition) is 2. The average molecular weight is 599 g/mol. The first-order chi connectivity index (χ1) is 20.1. The van der Waals surface area contributed by atoms with Gasteiger partial charge in [-0.15, -0.1) is 0 Å². The molecule has 0 aliphatic rings. The third kappa shape index (κ3) is 24.5. The Bertz CT molecular complexity index is 670. The van der Waals surface area contributed by atoms with E-state index < -0.39 is 12.1 Å². The molecule has 0 radical (unpaired) electrons. The molecule has 0 saturated heterocycles. The van der Waals surface area contributed by atoms with Crippen LogP contribution in [-0.4, -0.2) is 49.1 Å². The molecule has 2 N–H and O–H groups in total. The lowest BCUT2D eigenvalue weighted by atomic mass is 10.0. The van der Waals surface area contributed by atoms with E-state index in [1.807, 2.05) is 34.6 Å². The van der Waals surface area contributed by atoms with Crippen molar-refractivity contribution >= 4 is 24.8 Å². The number of carbonyl (C=O) groups excluding carboxylic acids is 4. The second-order valence-electron chi connectivity index (χ2n) is 12.3. The maximum absolute atomic E-state index is 12.3. The quantitative estimate of drug-likeness (QED) is 0.0601. The van der Waals surface area contributed by atoms with Crippen molar-refractivity contribution in [1.29, 1.82) is 0 Å². The fraction of sp³-hybridized carbons (Fsp3) is 0.882. The molecule has 0 aromatic rings. The lowest BCUT2D eigenvalue weighted by molar-refractivity contribution is -0.154. The number of nitrogens with one attached hydrogen (secondary N) is 2. The van der Waals surface area contributed by atoms with E-state index >= 15 is 0 Å². The molecule has 0 spiro atoms. The highest BCUT2D eigenvalue weighted by Crippen LogP contribution is 2.16. The molecule has 0 rings (SSSR count). The molecule has 8 nitrogen and oxygen atoms in total. The van der Waals surface area contributed by atoms with Gasteiger partial charge in [-0.25, -0.2) is 9.59 Å². The fourth-order valence-corrected chi connectivity index (χ4v) is 4.68. The Balaban J connectivity index is 0. The van der Waals surface area contributed by atoms with E-state index in [1.54, 1.807) is 0 Å². The molecule has 0 aliphatic heterocycles. The summed E-state index contributed by atoms with van der Waals surface area (Å²) < 4.78 is 10.9. The molecule has 248 valence electrons. The Hall–Kier alpha value is -2.12. The number of rotatable bonds is 26. The monoisotopic (exact) mass is 598 g/mol. The van der Waals surface area contributed by atoms with Crippen LogP contribution >= 0.6 is 0 Å². The lowest BCUT2D eigenvalue weighted by Gasteiger charge is -2.21. The van der Waals surface area contributed by atoms with Crippen LogP contribution in [0.15, 0.2) is 0 Å². The summed E-state index contributed by atoms with van der Waals surface area (Å²) in [5.41, 5.74) is 0. The van der Waals surface area contributed by atoms with E-state index in [9.17, 15) is 19.2 Å². The van der Waals surface area contributed by atoms with E-state index in [-0.39, 0.29) is 30.1 Å². The van der Waals surface area contributed by atoms with Gasteiger partial charge in [-0.05, 0) is 57.3 Å². The van der Waals surface area contributed by atoms with Crippen molar-refractivity contribution in [2.75, 3.05) is 0 Å². The smallest absolute Gasteiger partial charge is 0.329 e. The van der Waals surface area contributed by atoms with Crippen LogP contribution in [-0.2, 0) is 28.7 Å². The van der Waals surface area contributed by atoms with E-state index in [1.165, 1.54) is 51.4 Å². The molecule has 0 saturated carbocycles. The Morgan fingerprint density at radius 2 is 1.14 bits per heavy atom. The summed E-state index contributed by atoms with van der Waals surface area (Å²) in [4.78, 5) is 45.1. The second kappa shape index (κ2) is 29.0. The largest absolute Gasteiger partial charge is 0.461 e. The van der Waals surface area contributed by atoms with Crippen LogP contribution in [0.4, 0.5) is 0 Å². The number of carbonyl (C=O) groups is 4. The molecule has 2 amide bonds. The Morgan fingerprint density at radius 1 is 0.643 bits per heavy atom. The maximum atomic E-state index is 12.3. The second-order valence-corrected chi connectivity index (χ2v) is 12.3. The topological polar surface area (TPSA) is 111 Å². The number of esters is 2. The third-order valence-electron chi connectivity index (χ3n) is 7.33. The zero-order valence-corrected chi connectivity index (χ0v) is 28.4. The van der Waals surface area contributed by atoms with Crippen LogP contribution < -0.4 is 10.6 Å². The first kappa shape index (κ1) is 42.0. The predicted octanol–water partition coefficient (Wildman–Crippen LogP) is 7.66. The fourth-order valence-electron chi connectivity index (χ4n) is 4.68. The summed E-state index contributed by atoms with van der Waals surface area (Å²) in [5.74, 6) is -0.252. The normalized spacial score (nSPS) is 13.8. The molecule has 0 aromatic heterocycles. The summed E-state index contributed by atoms with van der Waals surface area (Å²) in [5, 5.41) is 5.09. The van der Waals surface area contributed by atoms with Gasteiger partial charge in [-0.1, -0.05) is 113 Å². The number of ether oxygens (including phenoxy) is 2. The van der Waals surface area contributed by atoms with Gasteiger partial charge in [0.25, 0.3) is 0 Å². The van der Waals surface area contributed by atoms with Gasteiger partial charge in [0.05, 0.1) is 6.10 Å². The number of amides is 2. The summed E-state index contributed by atoms with van der Waals surface area (Å²) in [7, 11) is 0. The average Bonchev–Trinajstić information content (AvgIpc) is 2.94. The van der Waals surface area contributed by atoms with Gasteiger partial charge in [0.15, 0.2) is 0 Å². The summed E-state index contributed by atoms with van der Waals surface area (Å²) >= 11 is 0. The van der Waals surface area contributed by atoms with Gasteiger partial charge in [0.1, 0.15) is 18.2 Å². The molecule has 4 atom stereocenters. The first-order valence-electron chi connectivity index (χ1n) is 16.9. The highest BCUT2D eigenvalue weighted by Gasteiger charge is 2.25. The molecule has 0 fully saturated rings. The molecule has 0 heterocycles. The van der Waals surface area contributed by atoms with Crippen LogP contribution in [0.25, 0.3) is 0 Å². The van der Waals surface area contributed by atoms with Crippen molar-refractivity contribution in [1.82, 2.24) is 10.6 Å². The molecule has 0 unspecified atom stereocenters. The van der Waals surface area contributed by atoms with Gasteiger partial charge >= 0.3 is 11.9 Å². The van der Waals surface area contributed by atoms with E-state index in [4.69, 9.17) is 9.47 Å². The predicted molar refractivity (Wildman–Crippen MR) is 172 cm³/mol. The molecular formula is C34H66N2O6. The minimum absolute atomic E-state index is 0.0276. The zero-order chi connectivity index (χ0) is 32.2. The molecule has 42 heavy (non-hydrogen) atoms. The van der Waals surface area contributed by atoms with Crippen molar-refractivity contribution in [3.05, 3.63) is 0 Å². The van der Waals surface area contributed by atoms with Crippen molar-refractivity contribution in [2.24, 2.45) is 11.8 Å². The van der Waals surface area contributed by atoms with Crippen molar-refractivity contribution < 1.29 is 28.7 Å². The Morgan fingerprint density at radius 3 is 1.62 bits per heavy atom. The number of hydrogen-bond acceptors (Lipinski definition) is 6. The van der Waals surface area contributed by atoms with E-state index in [0.717, 1.165) is 44.9 Å². The highest BCUT2D eigenvalue weighted by atomic mass is 16.5. The van der Waals surface area contributed by atoms with Crippen molar-refractivity contribution in [2.45, 2.75) is 182 Å². The third-order valence-corrected chi connectivity index (χ3v) is 7.33. The van der Waals surface area contributed by atoms with Gasteiger partial charge in [-0.2, -0.15) is 0 Å². The van der Waals surface area contributed by atoms with Crippen LogP contribution in [0.1, 0.15) is 158 Å². The minimum Gasteiger partial charge on any atom is -0.461 e. The molecule has 0 bridgehead atoms. The molecular weight excluding hydrogens is 532 g/mol. The summed E-state index contributed by atoms with van der Waals surface area (Å²) in [6, 6.07) is -1.06. The van der Waals surface area contributed by atoms with Crippen LogP contribution in [0.3, 0.4) is 0 Å². The van der Waals surface area contributed by atoms with Gasteiger partial charge in [-0.3, -0.25) is 9.59 Å². The van der Waals surface area contributed by atoms with E-state index in [2.05, 4.69) is 31.4 Å².